The van der Waals surface area contributed by atoms with Crippen LogP contribution in [0.5, 0.6) is 0 Å². The molecular formula is C40H82NO7P. The minimum Gasteiger partial charge on any atom is -0.457 e. The Morgan fingerprint density at radius 1 is 0.531 bits per heavy atom. The molecule has 8 nitrogen and oxygen atoms in total. The van der Waals surface area contributed by atoms with Crippen LogP contribution in [0, 0.1) is 0 Å². The minimum atomic E-state index is -4.26. The molecule has 0 aliphatic heterocycles. The Balaban J connectivity index is 3.97. The van der Waals surface area contributed by atoms with Crippen LogP contribution in [0.25, 0.3) is 0 Å². The molecule has 294 valence electrons. The third-order valence-corrected chi connectivity index (χ3v) is 10.3. The van der Waals surface area contributed by atoms with Gasteiger partial charge in [0, 0.05) is 19.6 Å². The van der Waals surface area contributed by atoms with E-state index in [1.54, 1.807) is 0 Å². The number of hydrogen-bond donors (Lipinski definition) is 2. The molecule has 0 aromatic carbocycles. The van der Waals surface area contributed by atoms with E-state index < -0.39 is 13.9 Å². The average molecular weight is 720 g/mol. The van der Waals surface area contributed by atoms with Crippen LogP contribution in [0.3, 0.4) is 0 Å². The Bertz CT molecular complexity index is 727. The molecule has 0 rings (SSSR count). The number of phosphoric ester groups is 1. The predicted octanol–water partition coefficient (Wildman–Crippen LogP) is 12.1. The highest BCUT2D eigenvalue weighted by Gasteiger charge is 2.25. The van der Waals surface area contributed by atoms with Crippen molar-refractivity contribution in [3.05, 3.63) is 0 Å². The third kappa shape index (κ3) is 38.6. The summed E-state index contributed by atoms with van der Waals surface area (Å²) in [6, 6.07) is 0. The second kappa shape index (κ2) is 38.7. The van der Waals surface area contributed by atoms with Crippen molar-refractivity contribution in [2.45, 2.75) is 219 Å². The Morgan fingerprint density at radius 2 is 0.898 bits per heavy atom. The normalized spacial score (nSPS) is 13.5. The molecule has 0 bridgehead atoms. The van der Waals surface area contributed by atoms with E-state index in [1.165, 1.54) is 161 Å². The van der Waals surface area contributed by atoms with Crippen molar-refractivity contribution in [2.24, 2.45) is 5.73 Å². The zero-order valence-electron chi connectivity index (χ0n) is 32.5. The van der Waals surface area contributed by atoms with Crippen LogP contribution in [0.4, 0.5) is 0 Å². The van der Waals surface area contributed by atoms with E-state index >= 15 is 0 Å². The summed E-state index contributed by atoms with van der Waals surface area (Å²) in [4.78, 5) is 22.4. The van der Waals surface area contributed by atoms with Gasteiger partial charge in [-0.2, -0.15) is 0 Å². The molecule has 0 aromatic rings. The van der Waals surface area contributed by atoms with Gasteiger partial charge in [-0.05, 0) is 12.8 Å². The smallest absolute Gasteiger partial charge is 0.457 e. The summed E-state index contributed by atoms with van der Waals surface area (Å²) in [6.07, 6.45) is 38.3. The van der Waals surface area contributed by atoms with Crippen molar-refractivity contribution >= 4 is 13.8 Å². The first kappa shape index (κ1) is 48.5. The molecule has 0 radical (unpaired) electrons. The van der Waals surface area contributed by atoms with Gasteiger partial charge in [0.25, 0.3) is 0 Å². The van der Waals surface area contributed by atoms with Crippen LogP contribution < -0.4 is 5.73 Å². The van der Waals surface area contributed by atoms with Crippen LogP contribution in [0.2, 0.25) is 0 Å². The average Bonchev–Trinajstić information content (AvgIpc) is 3.09. The fourth-order valence-electron chi connectivity index (χ4n) is 6.17. The highest BCUT2D eigenvalue weighted by atomic mass is 31.2. The molecule has 0 amide bonds. The SMILES string of the molecule is CCCCCCCCCCCCCCCCCCCCC(=O)OC(COCCCCCCCCCCCCCC)COP(=O)(O)OCCN. The number of phosphoric acid groups is 1. The minimum absolute atomic E-state index is 0.0902. The van der Waals surface area contributed by atoms with Gasteiger partial charge in [0.05, 0.1) is 19.8 Å². The summed E-state index contributed by atoms with van der Waals surface area (Å²) < 4.78 is 33.4. The van der Waals surface area contributed by atoms with E-state index in [2.05, 4.69) is 13.8 Å². The summed E-state index contributed by atoms with van der Waals surface area (Å²) >= 11 is 0. The van der Waals surface area contributed by atoms with Crippen LogP contribution in [0.1, 0.15) is 213 Å². The van der Waals surface area contributed by atoms with Gasteiger partial charge in [0.2, 0.25) is 0 Å². The second-order valence-electron chi connectivity index (χ2n) is 14.2. The van der Waals surface area contributed by atoms with Gasteiger partial charge in [-0.25, -0.2) is 4.57 Å². The summed E-state index contributed by atoms with van der Waals surface area (Å²) in [5.74, 6) is -0.324. The fourth-order valence-corrected chi connectivity index (χ4v) is 6.94. The number of rotatable bonds is 41. The number of ether oxygens (including phenoxy) is 2. The lowest BCUT2D eigenvalue weighted by Gasteiger charge is -2.20. The number of carbonyl (C=O) groups excluding carboxylic acids is 1. The molecule has 9 heteroatoms. The maximum absolute atomic E-state index is 12.6. The second-order valence-corrected chi connectivity index (χ2v) is 15.7. The van der Waals surface area contributed by atoms with Crippen molar-refractivity contribution in [3.63, 3.8) is 0 Å². The molecule has 0 heterocycles. The maximum atomic E-state index is 12.6. The first-order valence-electron chi connectivity index (χ1n) is 21.0. The topological polar surface area (TPSA) is 117 Å². The molecule has 0 saturated carbocycles. The van der Waals surface area contributed by atoms with Crippen LogP contribution in [0.15, 0.2) is 0 Å². The molecule has 0 aliphatic rings. The first-order valence-corrected chi connectivity index (χ1v) is 22.5. The first-order chi connectivity index (χ1) is 23.9. The molecule has 2 unspecified atom stereocenters. The largest absolute Gasteiger partial charge is 0.472 e. The molecule has 0 saturated heterocycles. The summed E-state index contributed by atoms with van der Waals surface area (Å²) in [5.41, 5.74) is 5.36. The molecule has 2 atom stereocenters. The zero-order chi connectivity index (χ0) is 35.9. The van der Waals surface area contributed by atoms with Gasteiger partial charge in [-0.1, -0.05) is 194 Å². The monoisotopic (exact) mass is 720 g/mol. The number of hydrogen-bond acceptors (Lipinski definition) is 7. The van der Waals surface area contributed by atoms with Crippen molar-refractivity contribution in [2.75, 3.05) is 33.0 Å². The van der Waals surface area contributed by atoms with Gasteiger partial charge in [-0.3, -0.25) is 13.8 Å². The Morgan fingerprint density at radius 3 is 1.29 bits per heavy atom. The van der Waals surface area contributed by atoms with E-state index in [1.807, 2.05) is 0 Å². The van der Waals surface area contributed by atoms with E-state index in [-0.39, 0.29) is 32.3 Å². The molecule has 0 spiro atoms. The van der Waals surface area contributed by atoms with Gasteiger partial charge in [-0.15, -0.1) is 0 Å². The van der Waals surface area contributed by atoms with Crippen molar-refractivity contribution in [1.82, 2.24) is 0 Å². The van der Waals surface area contributed by atoms with E-state index in [4.69, 9.17) is 24.3 Å². The predicted molar refractivity (Wildman–Crippen MR) is 206 cm³/mol. The summed E-state index contributed by atoms with van der Waals surface area (Å²) in [6.45, 7) is 4.97. The van der Waals surface area contributed by atoms with Crippen LogP contribution in [-0.2, 0) is 27.9 Å². The number of esters is 1. The molecule has 49 heavy (non-hydrogen) atoms. The summed E-state index contributed by atoms with van der Waals surface area (Å²) in [5, 5.41) is 0. The van der Waals surface area contributed by atoms with Crippen LogP contribution in [-0.4, -0.2) is 49.9 Å². The lowest BCUT2D eigenvalue weighted by atomic mass is 10.0. The summed E-state index contributed by atoms with van der Waals surface area (Å²) in [7, 11) is -4.26. The number of unbranched alkanes of at least 4 members (excludes halogenated alkanes) is 28. The zero-order valence-corrected chi connectivity index (χ0v) is 33.3. The third-order valence-electron chi connectivity index (χ3n) is 9.27. The standard InChI is InChI=1S/C40H82NO7P/c1-3-5-7-9-11-13-15-17-18-19-20-21-22-23-25-27-29-31-33-40(42)48-39(38-47-49(43,44)46-36-34-41)37-45-35-32-30-28-26-24-16-14-12-10-8-6-4-2/h39H,3-38,41H2,1-2H3,(H,43,44). The number of nitrogens with two attached hydrogens (primary N) is 1. The van der Waals surface area contributed by atoms with Crippen molar-refractivity contribution in [3.8, 4) is 0 Å². The lowest BCUT2D eigenvalue weighted by molar-refractivity contribution is -0.154. The van der Waals surface area contributed by atoms with Gasteiger partial charge >= 0.3 is 13.8 Å². The van der Waals surface area contributed by atoms with E-state index in [0.29, 0.717) is 13.0 Å². The van der Waals surface area contributed by atoms with Crippen molar-refractivity contribution in [1.29, 1.82) is 0 Å². The van der Waals surface area contributed by atoms with E-state index in [0.717, 1.165) is 32.1 Å². The Labute approximate surface area is 303 Å². The Hall–Kier alpha value is -0.500. The van der Waals surface area contributed by atoms with Crippen molar-refractivity contribution < 1.29 is 32.8 Å². The molecule has 0 aromatic heterocycles. The Kier molecular flexibility index (Phi) is 38.3. The highest BCUT2D eigenvalue weighted by Crippen LogP contribution is 2.43. The fraction of sp³-hybridized carbons (Fsp3) is 0.975. The van der Waals surface area contributed by atoms with Crippen LogP contribution >= 0.6 is 7.82 Å². The molecule has 0 aliphatic carbocycles. The lowest BCUT2D eigenvalue weighted by Crippen LogP contribution is -2.28. The molecule has 3 N–H and O–H groups in total. The van der Waals surface area contributed by atoms with Gasteiger partial charge in [0.15, 0.2) is 0 Å². The maximum Gasteiger partial charge on any atom is 0.472 e. The highest BCUT2D eigenvalue weighted by molar-refractivity contribution is 7.47. The van der Waals surface area contributed by atoms with Gasteiger partial charge < -0.3 is 20.1 Å². The quantitative estimate of drug-likeness (QED) is 0.0364. The number of carbonyl (C=O) groups is 1. The molecule has 0 fully saturated rings. The van der Waals surface area contributed by atoms with E-state index in [9.17, 15) is 14.3 Å². The van der Waals surface area contributed by atoms with Gasteiger partial charge in [0.1, 0.15) is 6.10 Å². The molecular weight excluding hydrogens is 637 g/mol.